The summed E-state index contributed by atoms with van der Waals surface area (Å²) in [5.41, 5.74) is 2.78. The molecule has 1 aliphatic heterocycles. The van der Waals surface area contributed by atoms with Crippen LogP contribution < -0.4 is 4.90 Å². The minimum absolute atomic E-state index is 0.500. The van der Waals surface area contributed by atoms with Crippen LogP contribution >= 0.6 is 0 Å². The van der Waals surface area contributed by atoms with E-state index in [1.165, 1.54) is 23.8 Å². The Hall–Kier alpha value is -1.58. The molecule has 4 heteroatoms. The Bertz CT molecular complexity index is 575. The number of anilines is 1. The highest BCUT2D eigenvalue weighted by atomic mass is 15.3. The molecular formula is C15H22N4. The molecule has 102 valence electrons. The monoisotopic (exact) mass is 258 g/mol. The maximum absolute atomic E-state index is 4.54. The molecule has 0 spiro atoms. The average molecular weight is 258 g/mol. The molecule has 1 fully saturated rings. The molecule has 19 heavy (non-hydrogen) atoms. The Morgan fingerprint density at radius 3 is 2.58 bits per heavy atom. The lowest BCUT2D eigenvalue weighted by atomic mass is 9.75. The predicted octanol–water partition coefficient (Wildman–Crippen LogP) is 3.15. The summed E-state index contributed by atoms with van der Waals surface area (Å²) < 4.78 is 0. The second-order valence-electron chi connectivity index (χ2n) is 5.65. The van der Waals surface area contributed by atoms with Crippen LogP contribution in [0.4, 0.5) is 5.82 Å². The summed E-state index contributed by atoms with van der Waals surface area (Å²) in [6.45, 7) is 9.02. The third kappa shape index (κ3) is 1.81. The highest BCUT2D eigenvalue weighted by molar-refractivity contribution is 5.91. The number of nitrogens with one attached hydrogen (secondary N) is 1. The maximum Gasteiger partial charge on any atom is 0.143 e. The van der Waals surface area contributed by atoms with E-state index in [1.807, 2.05) is 0 Å². The minimum Gasteiger partial charge on any atom is -0.355 e. The van der Waals surface area contributed by atoms with Crippen LogP contribution in [0.3, 0.4) is 0 Å². The van der Waals surface area contributed by atoms with E-state index < -0.39 is 0 Å². The van der Waals surface area contributed by atoms with Crippen molar-refractivity contribution in [1.29, 1.82) is 0 Å². The van der Waals surface area contributed by atoms with Crippen LogP contribution in [0.15, 0.2) is 12.5 Å². The summed E-state index contributed by atoms with van der Waals surface area (Å²) in [5.74, 6) is 1.11. The zero-order valence-electron chi connectivity index (χ0n) is 12.0. The molecule has 3 heterocycles. The van der Waals surface area contributed by atoms with E-state index in [9.17, 15) is 0 Å². The smallest absolute Gasteiger partial charge is 0.143 e. The van der Waals surface area contributed by atoms with Crippen LogP contribution in [0.1, 0.15) is 39.2 Å². The second-order valence-corrected chi connectivity index (χ2v) is 5.65. The molecule has 2 aromatic heterocycles. The number of aromatic amines is 1. The molecule has 4 nitrogen and oxygen atoms in total. The van der Waals surface area contributed by atoms with Crippen LogP contribution in [0, 0.1) is 5.41 Å². The van der Waals surface area contributed by atoms with E-state index >= 15 is 0 Å². The van der Waals surface area contributed by atoms with Crippen molar-refractivity contribution >= 4 is 16.9 Å². The SMILES string of the molecule is CCc1c[nH]c2ncnc(N3CC(CC)(CC)C3)c12. The number of aromatic nitrogens is 3. The molecule has 0 saturated carbocycles. The van der Waals surface area contributed by atoms with E-state index in [0.717, 1.165) is 31.0 Å². The predicted molar refractivity (Wildman–Crippen MR) is 78.5 cm³/mol. The van der Waals surface area contributed by atoms with Gasteiger partial charge >= 0.3 is 0 Å². The van der Waals surface area contributed by atoms with E-state index in [-0.39, 0.29) is 0 Å². The van der Waals surface area contributed by atoms with Crippen molar-refractivity contribution in [2.45, 2.75) is 40.0 Å². The number of hydrogen-bond acceptors (Lipinski definition) is 3. The van der Waals surface area contributed by atoms with Gasteiger partial charge in [0.25, 0.3) is 0 Å². The summed E-state index contributed by atoms with van der Waals surface area (Å²) in [4.78, 5) is 14.5. The Kier molecular flexibility index (Phi) is 2.96. The number of hydrogen-bond donors (Lipinski definition) is 1. The number of H-pyrrole nitrogens is 1. The molecule has 1 saturated heterocycles. The largest absolute Gasteiger partial charge is 0.355 e. The van der Waals surface area contributed by atoms with Gasteiger partial charge < -0.3 is 9.88 Å². The lowest BCUT2D eigenvalue weighted by Gasteiger charge is -2.50. The van der Waals surface area contributed by atoms with Crippen molar-refractivity contribution in [1.82, 2.24) is 15.0 Å². The van der Waals surface area contributed by atoms with Gasteiger partial charge in [-0.1, -0.05) is 20.8 Å². The lowest BCUT2D eigenvalue weighted by molar-refractivity contribution is 0.194. The molecule has 1 aliphatic rings. The van der Waals surface area contributed by atoms with Gasteiger partial charge in [-0.25, -0.2) is 9.97 Å². The van der Waals surface area contributed by atoms with Crippen LogP contribution in [0.25, 0.3) is 11.0 Å². The molecule has 0 atom stereocenters. The topological polar surface area (TPSA) is 44.8 Å². The zero-order chi connectivity index (χ0) is 13.5. The van der Waals surface area contributed by atoms with Gasteiger partial charge in [-0.05, 0) is 24.8 Å². The highest BCUT2D eigenvalue weighted by Crippen LogP contribution is 2.41. The highest BCUT2D eigenvalue weighted by Gasteiger charge is 2.41. The van der Waals surface area contributed by atoms with Gasteiger partial charge in [0, 0.05) is 24.7 Å². The lowest BCUT2D eigenvalue weighted by Crippen LogP contribution is -2.56. The Morgan fingerprint density at radius 1 is 1.21 bits per heavy atom. The molecule has 0 radical (unpaired) electrons. The van der Waals surface area contributed by atoms with Gasteiger partial charge in [-0.2, -0.15) is 0 Å². The Morgan fingerprint density at radius 2 is 1.95 bits per heavy atom. The third-order valence-corrected chi connectivity index (χ3v) is 4.76. The third-order valence-electron chi connectivity index (χ3n) is 4.76. The first kappa shape index (κ1) is 12.5. The van der Waals surface area contributed by atoms with E-state index in [4.69, 9.17) is 0 Å². The average Bonchev–Trinajstić information content (AvgIpc) is 2.82. The maximum atomic E-state index is 4.54. The number of aryl methyl sites for hydroxylation is 1. The van der Waals surface area contributed by atoms with Crippen molar-refractivity contribution in [3.63, 3.8) is 0 Å². The van der Waals surface area contributed by atoms with Gasteiger partial charge in [0.1, 0.15) is 17.8 Å². The van der Waals surface area contributed by atoms with Gasteiger partial charge in [0.05, 0.1) is 5.39 Å². The van der Waals surface area contributed by atoms with Crippen molar-refractivity contribution in [2.75, 3.05) is 18.0 Å². The first-order chi connectivity index (χ1) is 9.23. The van der Waals surface area contributed by atoms with Crippen LogP contribution in [0.5, 0.6) is 0 Å². The fraction of sp³-hybridized carbons (Fsp3) is 0.600. The summed E-state index contributed by atoms with van der Waals surface area (Å²) in [6, 6.07) is 0. The summed E-state index contributed by atoms with van der Waals surface area (Å²) in [5, 5.41) is 1.21. The Balaban J connectivity index is 1.96. The van der Waals surface area contributed by atoms with Gasteiger partial charge in [0.2, 0.25) is 0 Å². The number of nitrogens with zero attached hydrogens (tertiary/aromatic N) is 3. The van der Waals surface area contributed by atoms with E-state index in [0.29, 0.717) is 5.41 Å². The number of fused-ring (bicyclic) bond motifs is 1. The number of rotatable bonds is 4. The van der Waals surface area contributed by atoms with Gasteiger partial charge in [-0.15, -0.1) is 0 Å². The molecular weight excluding hydrogens is 236 g/mol. The van der Waals surface area contributed by atoms with E-state index in [1.54, 1.807) is 6.33 Å². The summed E-state index contributed by atoms with van der Waals surface area (Å²) in [6.07, 6.45) is 7.26. The summed E-state index contributed by atoms with van der Waals surface area (Å²) in [7, 11) is 0. The second kappa shape index (κ2) is 4.51. The van der Waals surface area contributed by atoms with Gasteiger partial charge in [-0.3, -0.25) is 0 Å². The fourth-order valence-corrected chi connectivity index (χ4v) is 3.14. The van der Waals surface area contributed by atoms with Crippen molar-refractivity contribution in [3.05, 3.63) is 18.1 Å². The standard InChI is InChI=1S/C15H22N4/c1-4-11-7-16-13-12(11)14(18-10-17-13)19-8-15(5-2,6-3)9-19/h7,10H,4-6,8-9H2,1-3H3,(H,16,17,18). The molecule has 0 aliphatic carbocycles. The van der Waals surface area contributed by atoms with Gasteiger partial charge in [0.15, 0.2) is 0 Å². The zero-order valence-corrected chi connectivity index (χ0v) is 12.0. The molecule has 2 aromatic rings. The quantitative estimate of drug-likeness (QED) is 0.916. The molecule has 0 bridgehead atoms. The van der Waals surface area contributed by atoms with Crippen molar-refractivity contribution in [3.8, 4) is 0 Å². The minimum atomic E-state index is 0.500. The Labute approximate surface area is 114 Å². The molecule has 0 aromatic carbocycles. The van der Waals surface area contributed by atoms with E-state index in [2.05, 4.69) is 46.8 Å². The molecule has 0 amide bonds. The molecule has 0 unspecified atom stereocenters. The first-order valence-corrected chi connectivity index (χ1v) is 7.29. The fourth-order valence-electron chi connectivity index (χ4n) is 3.14. The molecule has 1 N–H and O–H groups in total. The van der Waals surface area contributed by atoms with Crippen LogP contribution in [-0.2, 0) is 6.42 Å². The normalized spacial score (nSPS) is 17.7. The van der Waals surface area contributed by atoms with Crippen LogP contribution in [-0.4, -0.2) is 28.0 Å². The first-order valence-electron chi connectivity index (χ1n) is 7.29. The molecule has 3 rings (SSSR count). The van der Waals surface area contributed by atoms with Crippen molar-refractivity contribution < 1.29 is 0 Å². The van der Waals surface area contributed by atoms with Crippen LogP contribution in [0.2, 0.25) is 0 Å². The summed E-state index contributed by atoms with van der Waals surface area (Å²) >= 11 is 0. The van der Waals surface area contributed by atoms with Crippen molar-refractivity contribution in [2.24, 2.45) is 5.41 Å².